The molecule has 128 valence electrons. The molecule has 2 aromatic carbocycles. The number of carbonyl (C=O) groups excluding carboxylic acids is 1. The molecule has 0 spiro atoms. The van der Waals surface area contributed by atoms with E-state index in [0.29, 0.717) is 17.5 Å². The van der Waals surface area contributed by atoms with Crippen molar-refractivity contribution >= 4 is 16.0 Å². The first-order chi connectivity index (χ1) is 11.4. The summed E-state index contributed by atoms with van der Waals surface area (Å²) in [6, 6.07) is 12.1. The number of carbonyl (C=O) groups is 1. The number of halogens is 1. The van der Waals surface area contributed by atoms with E-state index >= 15 is 0 Å². The van der Waals surface area contributed by atoms with E-state index < -0.39 is 16.0 Å². The molecule has 0 aliphatic rings. The molecule has 0 aromatic heterocycles. The zero-order valence-corrected chi connectivity index (χ0v) is 14.0. The van der Waals surface area contributed by atoms with E-state index in [1.807, 2.05) is 0 Å². The summed E-state index contributed by atoms with van der Waals surface area (Å²) in [5.41, 5.74) is 1.78. The molecule has 0 aliphatic carbocycles. The average molecular weight is 351 g/mol. The summed E-state index contributed by atoms with van der Waals surface area (Å²) in [7, 11) is -2.21. The van der Waals surface area contributed by atoms with Gasteiger partial charge in [0.15, 0.2) is 0 Å². The van der Waals surface area contributed by atoms with Crippen LogP contribution in [0.3, 0.4) is 0 Å². The second-order valence-corrected chi connectivity index (χ2v) is 7.03. The van der Waals surface area contributed by atoms with Crippen molar-refractivity contribution in [3.05, 3.63) is 71.0 Å². The largest absolute Gasteiger partial charge is 0.465 e. The Kier molecular flexibility index (Phi) is 6.05. The van der Waals surface area contributed by atoms with E-state index in [0.717, 1.165) is 5.56 Å². The molecule has 0 saturated carbocycles. The molecule has 1 N–H and O–H groups in total. The van der Waals surface area contributed by atoms with Gasteiger partial charge in [0.1, 0.15) is 5.82 Å². The Hall–Kier alpha value is -2.25. The van der Waals surface area contributed by atoms with Crippen molar-refractivity contribution in [1.29, 1.82) is 0 Å². The van der Waals surface area contributed by atoms with Crippen LogP contribution in [0.4, 0.5) is 4.39 Å². The van der Waals surface area contributed by atoms with Crippen molar-refractivity contribution in [2.45, 2.75) is 12.2 Å². The number of sulfonamides is 1. The standard InChI is InChI=1S/C17H18FNO4S/c1-23-17(20)15-6-2-14(3-7-15)12-24(21,22)19-11-10-13-4-8-16(18)9-5-13/h2-9,19H,10-12H2,1H3. The van der Waals surface area contributed by atoms with E-state index in [1.54, 1.807) is 24.3 Å². The number of benzene rings is 2. The summed E-state index contributed by atoms with van der Waals surface area (Å²) in [4.78, 5) is 11.3. The topological polar surface area (TPSA) is 72.5 Å². The molecule has 0 bridgehead atoms. The van der Waals surface area contributed by atoms with Gasteiger partial charge in [-0.3, -0.25) is 0 Å². The Morgan fingerprint density at radius 2 is 1.62 bits per heavy atom. The fraction of sp³-hybridized carbons (Fsp3) is 0.235. The van der Waals surface area contributed by atoms with E-state index in [-0.39, 0.29) is 18.1 Å². The van der Waals surface area contributed by atoms with Crippen molar-refractivity contribution in [2.24, 2.45) is 0 Å². The summed E-state index contributed by atoms with van der Waals surface area (Å²) in [5.74, 6) is -0.978. The van der Waals surface area contributed by atoms with Gasteiger partial charge in [-0.2, -0.15) is 0 Å². The van der Waals surface area contributed by atoms with E-state index in [1.165, 1.54) is 31.4 Å². The minimum atomic E-state index is -3.49. The molecule has 0 saturated heterocycles. The molecule has 0 radical (unpaired) electrons. The highest BCUT2D eigenvalue weighted by molar-refractivity contribution is 7.88. The predicted molar refractivity (Wildman–Crippen MR) is 88.5 cm³/mol. The molecule has 0 amide bonds. The van der Waals surface area contributed by atoms with Crippen LogP contribution in [0, 0.1) is 5.82 Å². The van der Waals surface area contributed by atoms with Gasteiger partial charge in [0.2, 0.25) is 10.0 Å². The Bertz CT molecular complexity index is 786. The van der Waals surface area contributed by atoms with Gasteiger partial charge >= 0.3 is 5.97 Å². The Morgan fingerprint density at radius 3 is 2.21 bits per heavy atom. The number of nitrogens with one attached hydrogen (secondary N) is 1. The molecule has 7 heteroatoms. The highest BCUT2D eigenvalue weighted by Crippen LogP contribution is 2.09. The molecule has 0 fully saturated rings. The van der Waals surface area contributed by atoms with E-state index in [4.69, 9.17) is 0 Å². The summed E-state index contributed by atoms with van der Waals surface area (Å²) in [5, 5.41) is 0. The number of rotatable bonds is 7. The lowest BCUT2D eigenvalue weighted by Crippen LogP contribution is -2.27. The number of esters is 1. The van der Waals surface area contributed by atoms with Gasteiger partial charge in [0.05, 0.1) is 18.4 Å². The van der Waals surface area contributed by atoms with Gasteiger partial charge in [-0.25, -0.2) is 22.3 Å². The van der Waals surface area contributed by atoms with Crippen LogP contribution in [0.25, 0.3) is 0 Å². The van der Waals surface area contributed by atoms with Gasteiger partial charge < -0.3 is 4.74 Å². The van der Waals surface area contributed by atoms with Crippen LogP contribution in [0.2, 0.25) is 0 Å². The lowest BCUT2D eigenvalue weighted by atomic mass is 10.1. The Balaban J connectivity index is 1.88. The number of hydrogen-bond acceptors (Lipinski definition) is 4. The second kappa shape index (κ2) is 8.03. The molecule has 24 heavy (non-hydrogen) atoms. The van der Waals surface area contributed by atoms with E-state index in [2.05, 4.69) is 9.46 Å². The minimum Gasteiger partial charge on any atom is -0.465 e. The van der Waals surface area contributed by atoms with Gasteiger partial charge in [-0.1, -0.05) is 24.3 Å². The van der Waals surface area contributed by atoms with Crippen LogP contribution in [-0.2, 0) is 26.9 Å². The first kappa shape index (κ1) is 18.1. The lowest BCUT2D eigenvalue weighted by Gasteiger charge is -2.07. The quantitative estimate of drug-likeness (QED) is 0.777. The van der Waals surface area contributed by atoms with Crippen molar-refractivity contribution in [3.63, 3.8) is 0 Å². The van der Waals surface area contributed by atoms with E-state index in [9.17, 15) is 17.6 Å². The SMILES string of the molecule is COC(=O)c1ccc(CS(=O)(=O)NCCc2ccc(F)cc2)cc1. The molecule has 2 rings (SSSR count). The maximum Gasteiger partial charge on any atom is 0.337 e. The smallest absolute Gasteiger partial charge is 0.337 e. The lowest BCUT2D eigenvalue weighted by molar-refractivity contribution is 0.0600. The number of ether oxygens (including phenoxy) is 1. The summed E-state index contributed by atoms with van der Waals surface area (Å²) >= 11 is 0. The van der Waals surface area contributed by atoms with Crippen molar-refractivity contribution in [1.82, 2.24) is 4.72 Å². The Labute approximate surface area is 140 Å². The molecule has 0 aliphatic heterocycles. The third-order valence-corrected chi connectivity index (χ3v) is 4.74. The molecular formula is C17H18FNO4S. The normalized spacial score (nSPS) is 11.2. The second-order valence-electron chi connectivity index (χ2n) is 5.22. The van der Waals surface area contributed by atoms with Crippen LogP contribution in [-0.4, -0.2) is 28.0 Å². The van der Waals surface area contributed by atoms with Crippen LogP contribution in [0.1, 0.15) is 21.5 Å². The average Bonchev–Trinajstić information content (AvgIpc) is 2.56. The fourth-order valence-corrected chi connectivity index (χ4v) is 3.27. The third kappa shape index (κ3) is 5.43. The van der Waals surface area contributed by atoms with Crippen LogP contribution in [0.15, 0.2) is 48.5 Å². The molecule has 5 nitrogen and oxygen atoms in total. The molecule has 0 heterocycles. The van der Waals surface area contributed by atoms with Crippen molar-refractivity contribution in [2.75, 3.05) is 13.7 Å². The molecule has 2 aromatic rings. The van der Waals surface area contributed by atoms with Crippen LogP contribution in [0.5, 0.6) is 0 Å². The third-order valence-electron chi connectivity index (χ3n) is 3.38. The molecular weight excluding hydrogens is 333 g/mol. The predicted octanol–water partition coefficient (Wildman–Crippen LogP) is 2.27. The van der Waals surface area contributed by atoms with Crippen LogP contribution < -0.4 is 4.72 Å². The zero-order chi connectivity index (χ0) is 17.6. The summed E-state index contributed by atoms with van der Waals surface area (Å²) in [6.07, 6.45) is 0.473. The molecule has 0 unspecified atom stereocenters. The monoisotopic (exact) mass is 351 g/mol. The minimum absolute atomic E-state index is 0.183. The van der Waals surface area contributed by atoms with Crippen molar-refractivity contribution in [3.8, 4) is 0 Å². The van der Waals surface area contributed by atoms with Gasteiger partial charge in [0, 0.05) is 6.54 Å². The van der Waals surface area contributed by atoms with Gasteiger partial charge in [-0.15, -0.1) is 0 Å². The number of hydrogen-bond donors (Lipinski definition) is 1. The molecule has 0 atom stereocenters. The first-order valence-corrected chi connectivity index (χ1v) is 8.94. The number of methoxy groups -OCH3 is 1. The highest BCUT2D eigenvalue weighted by atomic mass is 32.2. The van der Waals surface area contributed by atoms with Gasteiger partial charge in [-0.05, 0) is 41.8 Å². The zero-order valence-electron chi connectivity index (χ0n) is 13.2. The van der Waals surface area contributed by atoms with Crippen LogP contribution >= 0.6 is 0 Å². The maximum atomic E-state index is 12.8. The first-order valence-electron chi connectivity index (χ1n) is 7.29. The summed E-state index contributed by atoms with van der Waals surface area (Å²) < 4.78 is 44.0. The highest BCUT2D eigenvalue weighted by Gasteiger charge is 2.12. The summed E-state index contributed by atoms with van der Waals surface area (Å²) in [6.45, 7) is 0.230. The van der Waals surface area contributed by atoms with Crippen molar-refractivity contribution < 1.29 is 22.3 Å². The maximum absolute atomic E-state index is 12.8. The Morgan fingerprint density at radius 1 is 1.04 bits per heavy atom. The fourth-order valence-electron chi connectivity index (χ4n) is 2.13. The van der Waals surface area contributed by atoms with Gasteiger partial charge in [0.25, 0.3) is 0 Å².